The zero-order valence-corrected chi connectivity index (χ0v) is 21.6. The summed E-state index contributed by atoms with van der Waals surface area (Å²) in [6.45, 7) is 3.40. The van der Waals surface area contributed by atoms with Gasteiger partial charge in [-0.1, -0.05) is 43.3 Å². The number of rotatable bonds is 11. The molecule has 0 bridgehead atoms. The second kappa shape index (κ2) is 12.9. The lowest BCUT2D eigenvalue weighted by Crippen LogP contribution is -2.51. The Morgan fingerprint density at radius 1 is 1.03 bits per heavy atom. The van der Waals surface area contributed by atoms with Crippen molar-refractivity contribution < 1.29 is 23.9 Å². The fourth-order valence-electron chi connectivity index (χ4n) is 4.03. The molecule has 37 heavy (non-hydrogen) atoms. The second-order valence-corrected chi connectivity index (χ2v) is 9.20. The van der Waals surface area contributed by atoms with Gasteiger partial charge in [0.1, 0.15) is 12.3 Å². The molecule has 10 heteroatoms. The lowest BCUT2D eigenvalue weighted by Gasteiger charge is -2.31. The van der Waals surface area contributed by atoms with Crippen LogP contribution in [0, 0.1) is 5.92 Å². The van der Waals surface area contributed by atoms with Crippen LogP contribution in [-0.4, -0.2) is 73.9 Å². The topological polar surface area (TPSA) is 141 Å². The number of carbonyl (C=O) groups excluding carboxylic acids is 3. The molecular weight excluding hydrogens is 474 g/mol. The Morgan fingerprint density at radius 2 is 1.73 bits per heavy atom. The number of methoxy groups -OCH3 is 1. The number of aliphatic imine (C=N–C) groups is 1. The molecule has 1 saturated heterocycles. The molecule has 1 fully saturated rings. The van der Waals surface area contributed by atoms with Crippen molar-refractivity contribution in [1.82, 2.24) is 9.80 Å². The van der Waals surface area contributed by atoms with Crippen LogP contribution >= 0.6 is 0 Å². The van der Waals surface area contributed by atoms with Gasteiger partial charge in [0.2, 0.25) is 11.8 Å². The van der Waals surface area contributed by atoms with Crippen LogP contribution in [-0.2, 0) is 32.1 Å². The predicted octanol–water partition coefficient (Wildman–Crippen LogP) is 1.55. The summed E-state index contributed by atoms with van der Waals surface area (Å²) in [6, 6.07) is 13.7. The Hall–Kier alpha value is -3.92. The van der Waals surface area contributed by atoms with Crippen molar-refractivity contribution in [1.29, 1.82) is 0 Å². The average Bonchev–Trinajstić information content (AvgIpc) is 2.85. The molecule has 198 valence electrons. The van der Waals surface area contributed by atoms with Gasteiger partial charge in [-0.05, 0) is 29.2 Å². The average molecular weight is 510 g/mol. The first-order valence-corrected chi connectivity index (χ1v) is 12.2. The highest BCUT2D eigenvalue weighted by Crippen LogP contribution is 2.32. The third-order valence-electron chi connectivity index (χ3n) is 6.11. The zero-order chi connectivity index (χ0) is 26.9. The summed E-state index contributed by atoms with van der Waals surface area (Å²) >= 11 is 0. The Kier molecular flexibility index (Phi) is 9.62. The molecule has 1 unspecified atom stereocenters. The minimum absolute atomic E-state index is 0.0685. The molecule has 10 nitrogen and oxygen atoms in total. The molecule has 2 aromatic rings. The van der Waals surface area contributed by atoms with Gasteiger partial charge in [0, 0.05) is 45.2 Å². The number of ether oxygens (including phenoxy) is 2. The van der Waals surface area contributed by atoms with Gasteiger partial charge in [-0.15, -0.1) is 0 Å². The Bertz CT molecular complexity index is 1140. The van der Waals surface area contributed by atoms with Crippen LogP contribution < -0.4 is 16.2 Å². The maximum atomic E-state index is 12.3. The van der Waals surface area contributed by atoms with E-state index in [0.29, 0.717) is 31.9 Å². The van der Waals surface area contributed by atoms with Crippen LogP contribution in [0.2, 0.25) is 0 Å². The molecular formula is C27H35N5O5. The van der Waals surface area contributed by atoms with Crippen LogP contribution in [0.4, 0.5) is 0 Å². The van der Waals surface area contributed by atoms with E-state index in [9.17, 15) is 14.4 Å². The van der Waals surface area contributed by atoms with E-state index in [4.69, 9.17) is 20.9 Å². The summed E-state index contributed by atoms with van der Waals surface area (Å²) in [5.74, 6) is -0.452. The van der Waals surface area contributed by atoms with Crippen molar-refractivity contribution in [3.63, 3.8) is 0 Å². The number of benzene rings is 2. The number of piperazine rings is 1. The number of likely N-dealkylation sites (N-methyl/N-ethyl adjacent to an activating group) is 1. The number of amides is 3. The largest absolute Gasteiger partial charge is 0.493 e. The van der Waals surface area contributed by atoms with Crippen LogP contribution in [0.15, 0.2) is 47.5 Å². The maximum absolute atomic E-state index is 12.3. The lowest BCUT2D eigenvalue weighted by atomic mass is 9.96. The SMILES string of the molecule is COCCCOc1cc(CC(C)C(=O)N=C(N)N)ccc1-c1ccc(CN2CC(=O)N(C)CC2=O)cc1. The van der Waals surface area contributed by atoms with E-state index in [1.165, 1.54) is 4.90 Å². The number of hydrogen-bond donors (Lipinski definition) is 2. The summed E-state index contributed by atoms with van der Waals surface area (Å²) in [6.07, 6.45) is 1.19. The minimum atomic E-state index is -0.391. The number of nitrogens with zero attached hydrogens (tertiary/aromatic N) is 3. The van der Waals surface area contributed by atoms with Crippen molar-refractivity contribution in [3.8, 4) is 16.9 Å². The van der Waals surface area contributed by atoms with Gasteiger partial charge < -0.3 is 30.7 Å². The molecule has 0 aromatic heterocycles. The zero-order valence-electron chi connectivity index (χ0n) is 21.6. The van der Waals surface area contributed by atoms with Crippen molar-refractivity contribution in [2.24, 2.45) is 22.4 Å². The van der Waals surface area contributed by atoms with Gasteiger partial charge in [0.15, 0.2) is 5.96 Å². The summed E-state index contributed by atoms with van der Waals surface area (Å²) < 4.78 is 11.2. The van der Waals surface area contributed by atoms with Crippen molar-refractivity contribution in [3.05, 3.63) is 53.6 Å². The first kappa shape index (κ1) is 27.7. The quantitative estimate of drug-likeness (QED) is 0.266. The standard InChI is InChI=1S/C27H35N5O5/c1-18(26(35)30-27(28)29)13-20-7-10-22(23(14-20)37-12-4-11-36-3)21-8-5-19(6-9-21)15-32-17-24(33)31(2)16-25(32)34/h5-10,14,18H,4,11-13,15-17H2,1-3H3,(H4,28,29,30,35). The smallest absolute Gasteiger partial charge is 0.252 e. The molecule has 2 aromatic carbocycles. The predicted molar refractivity (Wildman–Crippen MR) is 141 cm³/mol. The van der Waals surface area contributed by atoms with Crippen LogP contribution in [0.3, 0.4) is 0 Å². The Labute approximate surface area is 217 Å². The highest BCUT2D eigenvalue weighted by Gasteiger charge is 2.27. The van der Waals surface area contributed by atoms with E-state index in [1.807, 2.05) is 42.5 Å². The third-order valence-corrected chi connectivity index (χ3v) is 6.11. The number of hydrogen-bond acceptors (Lipinski definition) is 5. The number of guanidine groups is 1. The minimum Gasteiger partial charge on any atom is -0.493 e. The highest BCUT2D eigenvalue weighted by atomic mass is 16.5. The molecule has 1 aliphatic heterocycles. The normalized spacial score (nSPS) is 14.5. The Morgan fingerprint density at radius 3 is 2.41 bits per heavy atom. The van der Waals surface area contributed by atoms with Crippen LogP contribution in [0.5, 0.6) is 5.75 Å². The van der Waals surface area contributed by atoms with Gasteiger partial charge in [-0.25, -0.2) is 0 Å². The van der Waals surface area contributed by atoms with Crippen LogP contribution in [0.1, 0.15) is 24.5 Å². The molecule has 0 aliphatic carbocycles. The molecule has 0 radical (unpaired) electrons. The molecule has 3 amide bonds. The second-order valence-electron chi connectivity index (χ2n) is 9.20. The Balaban J connectivity index is 1.78. The van der Waals surface area contributed by atoms with E-state index in [-0.39, 0.29) is 36.8 Å². The molecule has 1 heterocycles. The molecule has 1 aliphatic rings. The monoisotopic (exact) mass is 509 g/mol. The highest BCUT2D eigenvalue weighted by molar-refractivity contribution is 5.93. The molecule has 3 rings (SSSR count). The van der Waals surface area contributed by atoms with E-state index in [1.54, 1.807) is 26.0 Å². The summed E-state index contributed by atoms with van der Waals surface area (Å²) in [5, 5.41) is 0. The van der Waals surface area contributed by atoms with E-state index >= 15 is 0 Å². The van der Waals surface area contributed by atoms with Gasteiger partial charge >= 0.3 is 0 Å². The van der Waals surface area contributed by atoms with E-state index in [0.717, 1.165) is 28.7 Å². The fourth-order valence-corrected chi connectivity index (χ4v) is 4.03. The first-order chi connectivity index (χ1) is 17.7. The van der Waals surface area contributed by atoms with Crippen molar-refractivity contribution in [2.45, 2.75) is 26.3 Å². The summed E-state index contributed by atoms with van der Waals surface area (Å²) in [4.78, 5) is 43.1. The van der Waals surface area contributed by atoms with E-state index < -0.39 is 5.92 Å². The van der Waals surface area contributed by atoms with Gasteiger partial charge in [-0.3, -0.25) is 14.4 Å². The van der Waals surface area contributed by atoms with Gasteiger partial charge in [0.05, 0.1) is 13.2 Å². The molecule has 1 atom stereocenters. The van der Waals surface area contributed by atoms with E-state index in [2.05, 4.69) is 4.99 Å². The van der Waals surface area contributed by atoms with Crippen LogP contribution in [0.25, 0.3) is 11.1 Å². The first-order valence-electron chi connectivity index (χ1n) is 12.2. The third kappa shape index (κ3) is 7.78. The molecule has 4 N–H and O–H groups in total. The lowest BCUT2D eigenvalue weighted by molar-refractivity contribution is -0.149. The molecule has 0 saturated carbocycles. The van der Waals surface area contributed by atoms with Gasteiger partial charge in [-0.2, -0.15) is 4.99 Å². The summed E-state index contributed by atoms with van der Waals surface area (Å²) in [5.41, 5.74) is 14.4. The van der Waals surface area contributed by atoms with Crippen molar-refractivity contribution >= 4 is 23.7 Å². The number of nitrogens with two attached hydrogens (primary N) is 2. The fraction of sp³-hybridized carbons (Fsp3) is 0.407. The van der Waals surface area contributed by atoms with Crippen molar-refractivity contribution in [2.75, 3.05) is 40.5 Å². The van der Waals surface area contributed by atoms with Gasteiger partial charge in [0.25, 0.3) is 5.91 Å². The maximum Gasteiger partial charge on any atom is 0.252 e. The summed E-state index contributed by atoms with van der Waals surface area (Å²) in [7, 11) is 3.28. The number of carbonyl (C=O) groups is 3. The molecule has 0 spiro atoms.